The summed E-state index contributed by atoms with van der Waals surface area (Å²) in [5.74, 6) is 0.760. The molecule has 0 aromatic carbocycles. The van der Waals surface area contributed by atoms with Crippen LogP contribution < -0.4 is 5.32 Å². The first kappa shape index (κ1) is 13.5. The summed E-state index contributed by atoms with van der Waals surface area (Å²) in [6.07, 6.45) is 2.50. The van der Waals surface area contributed by atoms with E-state index >= 15 is 0 Å². The summed E-state index contributed by atoms with van der Waals surface area (Å²) in [7, 11) is 0. The number of hydrogen-bond acceptors (Lipinski definition) is 2. The highest BCUT2D eigenvalue weighted by molar-refractivity contribution is 14.1. The molecule has 0 amide bonds. The van der Waals surface area contributed by atoms with E-state index in [9.17, 15) is 0 Å². The van der Waals surface area contributed by atoms with E-state index in [0.717, 1.165) is 12.5 Å². The van der Waals surface area contributed by atoms with Crippen LogP contribution in [0.25, 0.3) is 0 Å². The first-order chi connectivity index (χ1) is 7.22. The fourth-order valence-corrected chi connectivity index (χ4v) is 3.43. The Hall–Kier alpha value is 0.390. The molecule has 0 aliphatic rings. The summed E-state index contributed by atoms with van der Waals surface area (Å²) < 4.78 is 1.39. The standard InChI is InChI=1S/C12H20INS/c1-4-9(5-2)12(14-6-3)10-7-11(13)15-8-10/h7-9,12,14H,4-6H2,1-3H3. The Morgan fingerprint density at radius 1 is 1.33 bits per heavy atom. The van der Waals surface area contributed by atoms with Gasteiger partial charge in [-0.05, 0) is 52.1 Å². The van der Waals surface area contributed by atoms with E-state index in [2.05, 4.69) is 60.1 Å². The second-order valence-electron chi connectivity index (χ2n) is 3.80. The molecule has 0 aliphatic carbocycles. The van der Waals surface area contributed by atoms with Gasteiger partial charge in [0.1, 0.15) is 0 Å². The minimum Gasteiger partial charge on any atom is -0.310 e. The molecule has 0 bridgehead atoms. The lowest BCUT2D eigenvalue weighted by molar-refractivity contribution is 0.347. The molecule has 0 spiro atoms. The van der Waals surface area contributed by atoms with Crippen molar-refractivity contribution in [2.75, 3.05) is 6.54 Å². The van der Waals surface area contributed by atoms with Crippen LogP contribution in [-0.2, 0) is 0 Å². The van der Waals surface area contributed by atoms with Gasteiger partial charge in [0.25, 0.3) is 0 Å². The molecule has 0 saturated carbocycles. The first-order valence-electron chi connectivity index (χ1n) is 5.70. The van der Waals surface area contributed by atoms with E-state index in [1.165, 1.54) is 21.3 Å². The van der Waals surface area contributed by atoms with Crippen LogP contribution in [0.1, 0.15) is 45.2 Å². The molecule has 1 atom stereocenters. The molecular weight excluding hydrogens is 317 g/mol. The van der Waals surface area contributed by atoms with Gasteiger partial charge in [-0.15, -0.1) is 11.3 Å². The second kappa shape index (κ2) is 6.86. The van der Waals surface area contributed by atoms with Crippen LogP contribution >= 0.6 is 33.9 Å². The third-order valence-electron chi connectivity index (χ3n) is 2.89. The highest BCUT2D eigenvalue weighted by Gasteiger charge is 2.20. The lowest BCUT2D eigenvalue weighted by atomic mass is 9.90. The van der Waals surface area contributed by atoms with Crippen molar-refractivity contribution in [1.82, 2.24) is 5.32 Å². The highest BCUT2D eigenvalue weighted by Crippen LogP contribution is 2.30. The topological polar surface area (TPSA) is 12.0 Å². The summed E-state index contributed by atoms with van der Waals surface area (Å²) in [4.78, 5) is 0. The Morgan fingerprint density at radius 3 is 2.40 bits per heavy atom. The minimum atomic E-state index is 0.546. The highest BCUT2D eigenvalue weighted by atomic mass is 127. The molecule has 3 heteroatoms. The number of thiophene rings is 1. The lowest BCUT2D eigenvalue weighted by Crippen LogP contribution is -2.27. The predicted octanol–water partition coefficient (Wildman–Crippen LogP) is 4.44. The molecule has 1 rings (SSSR count). The quantitative estimate of drug-likeness (QED) is 0.757. The summed E-state index contributed by atoms with van der Waals surface area (Å²) in [6.45, 7) is 7.81. The van der Waals surface area contributed by atoms with Gasteiger partial charge in [0.2, 0.25) is 0 Å². The van der Waals surface area contributed by atoms with E-state index in [1.807, 2.05) is 11.3 Å². The van der Waals surface area contributed by atoms with Crippen molar-refractivity contribution in [3.8, 4) is 0 Å². The normalized spacial score (nSPS) is 13.4. The maximum absolute atomic E-state index is 3.62. The Labute approximate surface area is 111 Å². The average molecular weight is 337 g/mol. The second-order valence-corrected chi connectivity index (χ2v) is 6.60. The van der Waals surface area contributed by atoms with Gasteiger partial charge in [0, 0.05) is 6.04 Å². The van der Waals surface area contributed by atoms with E-state index in [4.69, 9.17) is 0 Å². The van der Waals surface area contributed by atoms with Crippen molar-refractivity contribution in [1.29, 1.82) is 0 Å². The summed E-state index contributed by atoms with van der Waals surface area (Å²) in [5, 5.41) is 5.92. The number of nitrogens with one attached hydrogen (secondary N) is 1. The molecule has 0 aliphatic heterocycles. The zero-order valence-electron chi connectivity index (χ0n) is 9.72. The maximum Gasteiger partial charge on any atom is 0.0656 e. The van der Waals surface area contributed by atoms with Crippen LogP contribution in [0.2, 0.25) is 0 Å². The Morgan fingerprint density at radius 2 is 2.00 bits per heavy atom. The number of hydrogen-bond donors (Lipinski definition) is 1. The van der Waals surface area contributed by atoms with Crippen LogP contribution in [0.5, 0.6) is 0 Å². The van der Waals surface area contributed by atoms with Crippen molar-refractivity contribution >= 4 is 33.9 Å². The van der Waals surface area contributed by atoms with Crippen molar-refractivity contribution < 1.29 is 0 Å². The van der Waals surface area contributed by atoms with Gasteiger partial charge < -0.3 is 5.32 Å². The number of rotatable bonds is 6. The molecule has 0 fully saturated rings. The fraction of sp³-hybridized carbons (Fsp3) is 0.667. The third kappa shape index (κ3) is 3.71. The molecule has 1 N–H and O–H groups in total. The fourth-order valence-electron chi connectivity index (χ4n) is 2.02. The molecule has 86 valence electrons. The summed E-state index contributed by atoms with van der Waals surface area (Å²) >= 11 is 4.24. The van der Waals surface area contributed by atoms with Gasteiger partial charge in [0.05, 0.1) is 2.88 Å². The van der Waals surface area contributed by atoms with Gasteiger partial charge in [-0.25, -0.2) is 0 Å². The zero-order chi connectivity index (χ0) is 11.3. The first-order valence-corrected chi connectivity index (χ1v) is 7.66. The smallest absolute Gasteiger partial charge is 0.0656 e. The SMILES string of the molecule is CCNC(c1csc(I)c1)C(CC)CC. The third-order valence-corrected chi connectivity index (χ3v) is 4.70. The van der Waals surface area contributed by atoms with Gasteiger partial charge in [-0.3, -0.25) is 0 Å². The average Bonchev–Trinajstić information content (AvgIpc) is 2.65. The Kier molecular flexibility index (Phi) is 6.16. The minimum absolute atomic E-state index is 0.546. The van der Waals surface area contributed by atoms with Crippen LogP contribution in [0.15, 0.2) is 11.4 Å². The van der Waals surface area contributed by atoms with Crippen LogP contribution in [-0.4, -0.2) is 6.54 Å². The molecule has 1 unspecified atom stereocenters. The maximum atomic E-state index is 3.62. The van der Waals surface area contributed by atoms with Gasteiger partial charge in [0.15, 0.2) is 0 Å². The van der Waals surface area contributed by atoms with Gasteiger partial charge in [-0.1, -0.05) is 33.6 Å². The van der Waals surface area contributed by atoms with Crippen molar-refractivity contribution in [3.63, 3.8) is 0 Å². The molecule has 15 heavy (non-hydrogen) atoms. The molecule has 1 heterocycles. The van der Waals surface area contributed by atoms with E-state index < -0.39 is 0 Å². The van der Waals surface area contributed by atoms with Crippen LogP contribution in [0.4, 0.5) is 0 Å². The van der Waals surface area contributed by atoms with Crippen LogP contribution in [0.3, 0.4) is 0 Å². The van der Waals surface area contributed by atoms with Gasteiger partial charge in [-0.2, -0.15) is 0 Å². The lowest BCUT2D eigenvalue weighted by Gasteiger charge is -2.25. The molecular formula is C12H20INS. The molecule has 1 aromatic heterocycles. The number of halogens is 1. The van der Waals surface area contributed by atoms with E-state index in [0.29, 0.717) is 6.04 Å². The Balaban J connectivity index is 2.81. The predicted molar refractivity (Wildman–Crippen MR) is 77.5 cm³/mol. The van der Waals surface area contributed by atoms with Crippen LogP contribution in [0, 0.1) is 8.80 Å². The van der Waals surface area contributed by atoms with Crippen molar-refractivity contribution in [2.24, 2.45) is 5.92 Å². The molecule has 0 radical (unpaired) electrons. The van der Waals surface area contributed by atoms with Crippen molar-refractivity contribution in [2.45, 2.75) is 39.7 Å². The summed E-state index contributed by atoms with van der Waals surface area (Å²) in [6, 6.07) is 2.86. The molecule has 1 aromatic rings. The van der Waals surface area contributed by atoms with Gasteiger partial charge >= 0.3 is 0 Å². The largest absolute Gasteiger partial charge is 0.310 e. The molecule has 0 saturated heterocycles. The monoisotopic (exact) mass is 337 g/mol. The molecule has 1 nitrogen and oxygen atoms in total. The Bertz CT molecular complexity index is 281. The van der Waals surface area contributed by atoms with E-state index in [1.54, 1.807) is 0 Å². The van der Waals surface area contributed by atoms with E-state index in [-0.39, 0.29) is 0 Å². The summed E-state index contributed by atoms with van der Waals surface area (Å²) in [5.41, 5.74) is 1.47. The van der Waals surface area contributed by atoms with Crippen molar-refractivity contribution in [3.05, 3.63) is 19.9 Å². The zero-order valence-corrected chi connectivity index (χ0v) is 12.7.